The molecule has 4 heteroatoms. The van der Waals surface area contributed by atoms with Crippen molar-refractivity contribution >= 4 is 11.3 Å². The Morgan fingerprint density at radius 1 is 1.75 bits per heavy atom. The first-order valence-corrected chi connectivity index (χ1v) is 4.85. The van der Waals surface area contributed by atoms with Crippen LogP contribution in [0.2, 0.25) is 0 Å². The summed E-state index contributed by atoms with van der Waals surface area (Å²) in [5.41, 5.74) is 1.06. The van der Waals surface area contributed by atoms with Gasteiger partial charge in [-0.1, -0.05) is 0 Å². The van der Waals surface area contributed by atoms with Gasteiger partial charge < -0.3 is 10.4 Å². The van der Waals surface area contributed by atoms with Gasteiger partial charge in [-0.05, 0) is 13.8 Å². The SMILES string of the molecule is Cc1csc(CN[C@H](C)CO)n1. The highest BCUT2D eigenvalue weighted by Gasteiger charge is 2.01. The lowest BCUT2D eigenvalue weighted by Gasteiger charge is -2.07. The summed E-state index contributed by atoms with van der Waals surface area (Å²) in [5.74, 6) is 0. The molecule has 2 N–H and O–H groups in total. The van der Waals surface area contributed by atoms with Crippen molar-refractivity contribution in [3.05, 3.63) is 16.1 Å². The lowest BCUT2D eigenvalue weighted by atomic mass is 10.4. The van der Waals surface area contributed by atoms with Crippen molar-refractivity contribution in [1.82, 2.24) is 10.3 Å². The summed E-state index contributed by atoms with van der Waals surface area (Å²) in [5, 5.41) is 15.0. The van der Waals surface area contributed by atoms with E-state index in [1.165, 1.54) is 0 Å². The zero-order chi connectivity index (χ0) is 8.97. The summed E-state index contributed by atoms with van der Waals surface area (Å²) in [6.07, 6.45) is 0. The molecule has 0 unspecified atom stereocenters. The van der Waals surface area contributed by atoms with Gasteiger partial charge in [0.15, 0.2) is 0 Å². The second kappa shape index (κ2) is 4.54. The Morgan fingerprint density at radius 3 is 3.00 bits per heavy atom. The maximum atomic E-state index is 8.74. The predicted molar refractivity (Wildman–Crippen MR) is 50.2 cm³/mol. The molecule has 3 nitrogen and oxygen atoms in total. The summed E-state index contributed by atoms with van der Waals surface area (Å²) < 4.78 is 0. The van der Waals surface area contributed by atoms with Gasteiger partial charge in [0.25, 0.3) is 0 Å². The van der Waals surface area contributed by atoms with E-state index in [0.717, 1.165) is 17.2 Å². The number of aromatic nitrogens is 1. The molecular weight excluding hydrogens is 172 g/mol. The van der Waals surface area contributed by atoms with E-state index < -0.39 is 0 Å². The van der Waals surface area contributed by atoms with Crippen LogP contribution in [-0.4, -0.2) is 22.7 Å². The molecule has 0 bridgehead atoms. The van der Waals surface area contributed by atoms with Crippen LogP contribution in [-0.2, 0) is 6.54 Å². The van der Waals surface area contributed by atoms with E-state index in [-0.39, 0.29) is 12.6 Å². The van der Waals surface area contributed by atoms with Gasteiger partial charge in [-0.15, -0.1) is 11.3 Å². The first-order valence-electron chi connectivity index (χ1n) is 3.97. The van der Waals surface area contributed by atoms with E-state index >= 15 is 0 Å². The molecule has 0 aliphatic rings. The second-order valence-electron chi connectivity index (χ2n) is 2.85. The van der Waals surface area contributed by atoms with Crippen LogP contribution in [0.5, 0.6) is 0 Å². The van der Waals surface area contributed by atoms with Gasteiger partial charge in [0, 0.05) is 23.7 Å². The van der Waals surface area contributed by atoms with Crippen LogP contribution >= 0.6 is 11.3 Å². The number of aryl methyl sites for hydroxylation is 1. The topological polar surface area (TPSA) is 45.1 Å². The van der Waals surface area contributed by atoms with E-state index in [9.17, 15) is 0 Å². The minimum absolute atomic E-state index is 0.147. The average Bonchev–Trinajstić information content (AvgIpc) is 2.47. The molecule has 68 valence electrons. The fraction of sp³-hybridized carbons (Fsp3) is 0.625. The fourth-order valence-electron chi connectivity index (χ4n) is 0.810. The van der Waals surface area contributed by atoms with E-state index in [4.69, 9.17) is 5.11 Å². The summed E-state index contributed by atoms with van der Waals surface area (Å²) in [4.78, 5) is 4.29. The molecule has 0 aliphatic heterocycles. The molecule has 0 aliphatic carbocycles. The largest absolute Gasteiger partial charge is 0.395 e. The lowest BCUT2D eigenvalue weighted by molar-refractivity contribution is 0.251. The maximum absolute atomic E-state index is 8.74. The molecule has 0 aromatic carbocycles. The standard InChI is InChI=1S/C8H14N2OS/c1-6(4-11)9-3-8-10-7(2)5-12-8/h5-6,9,11H,3-4H2,1-2H3/t6-/m1/s1. The van der Waals surface area contributed by atoms with Gasteiger partial charge in [0.05, 0.1) is 6.61 Å². The third kappa shape index (κ3) is 2.89. The Morgan fingerprint density at radius 2 is 2.50 bits per heavy atom. The van der Waals surface area contributed by atoms with Crippen LogP contribution in [0.3, 0.4) is 0 Å². The molecule has 1 atom stereocenters. The number of hydrogen-bond acceptors (Lipinski definition) is 4. The Hall–Kier alpha value is -0.450. The summed E-state index contributed by atoms with van der Waals surface area (Å²) >= 11 is 1.65. The number of aliphatic hydroxyl groups excluding tert-OH is 1. The quantitative estimate of drug-likeness (QED) is 0.735. The zero-order valence-electron chi connectivity index (χ0n) is 7.37. The predicted octanol–water partition coefficient (Wildman–Crippen LogP) is 0.922. The molecule has 0 amide bonds. The number of nitrogens with one attached hydrogen (secondary N) is 1. The van der Waals surface area contributed by atoms with Crippen molar-refractivity contribution in [2.75, 3.05) is 6.61 Å². The molecule has 0 spiro atoms. The number of hydrogen-bond donors (Lipinski definition) is 2. The molecule has 1 heterocycles. The Bertz CT molecular complexity index is 237. The molecule has 0 saturated heterocycles. The van der Waals surface area contributed by atoms with Crippen LogP contribution in [0.1, 0.15) is 17.6 Å². The van der Waals surface area contributed by atoms with Gasteiger partial charge in [0.2, 0.25) is 0 Å². The maximum Gasteiger partial charge on any atom is 0.107 e. The number of nitrogens with zero attached hydrogens (tertiary/aromatic N) is 1. The fourth-order valence-corrected chi connectivity index (χ4v) is 1.53. The molecule has 12 heavy (non-hydrogen) atoms. The number of aliphatic hydroxyl groups is 1. The zero-order valence-corrected chi connectivity index (χ0v) is 8.19. The smallest absolute Gasteiger partial charge is 0.107 e. The third-order valence-electron chi connectivity index (χ3n) is 1.54. The number of rotatable bonds is 4. The first kappa shape index (κ1) is 9.64. The van der Waals surface area contributed by atoms with Gasteiger partial charge >= 0.3 is 0 Å². The van der Waals surface area contributed by atoms with Crippen LogP contribution in [0.15, 0.2) is 5.38 Å². The molecule has 0 radical (unpaired) electrons. The van der Waals surface area contributed by atoms with Crippen molar-refractivity contribution in [3.8, 4) is 0 Å². The summed E-state index contributed by atoms with van der Waals surface area (Å²) in [7, 11) is 0. The molecule has 1 rings (SSSR count). The van der Waals surface area contributed by atoms with E-state index in [1.54, 1.807) is 11.3 Å². The Labute approximate surface area is 76.5 Å². The molecule has 1 aromatic heterocycles. The molecule has 0 fully saturated rings. The Balaban J connectivity index is 2.33. The van der Waals surface area contributed by atoms with Gasteiger partial charge in [-0.2, -0.15) is 0 Å². The van der Waals surface area contributed by atoms with E-state index in [2.05, 4.69) is 10.3 Å². The van der Waals surface area contributed by atoms with Crippen LogP contribution in [0, 0.1) is 6.92 Å². The monoisotopic (exact) mass is 186 g/mol. The van der Waals surface area contributed by atoms with Crippen LogP contribution in [0.4, 0.5) is 0 Å². The van der Waals surface area contributed by atoms with Crippen molar-refractivity contribution in [2.24, 2.45) is 0 Å². The molecule has 0 saturated carbocycles. The van der Waals surface area contributed by atoms with Crippen molar-refractivity contribution < 1.29 is 5.11 Å². The average molecular weight is 186 g/mol. The lowest BCUT2D eigenvalue weighted by Crippen LogP contribution is -2.28. The van der Waals surface area contributed by atoms with Gasteiger partial charge in [0.1, 0.15) is 5.01 Å². The first-order chi connectivity index (χ1) is 5.72. The highest BCUT2D eigenvalue weighted by molar-refractivity contribution is 7.09. The minimum Gasteiger partial charge on any atom is -0.395 e. The normalized spacial score (nSPS) is 13.2. The highest BCUT2D eigenvalue weighted by Crippen LogP contribution is 2.07. The number of thiazole rings is 1. The third-order valence-corrected chi connectivity index (χ3v) is 2.51. The second-order valence-corrected chi connectivity index (χ2v) is 3.79. The van der Waals surface area contributed by atoms with Crippen molar-refractivity contribution in [1.29, 1.82) is 0 Å². The van der Waals surface area contributed by atoms with Gasteiger partial charge in [-0.3, -0.25) is 0 Å². The van der Waals surface area contributed by atoms with Crippen molar-refractivity contribution in [3.63, 3.8) is 0 Å². The molecular formula is C8H14N2OS. The summed E-state index contributed by atoms with van der Waals surface area (Å²) in [6.45, 7) is 4.85. The van der Waals surface area contributed by atoms with Crippen molar-refractivity contribution in [2.45, 2.75) is 26.4 Å². The highest BCUT2D eigenvalue weighted by atomic mass is 32.1. The van der Waals surface area contributed by atoms with E-state index in [0.29, 0.717) is 0 Å². The Kier molecular flexibility index (Phi) is 3.65. The minimum atomic E-state index is 0.147. The molecule has 1 aromatic rings. The van der Waals surface area contributed by atoms with E-state index in [1.807, 2.05) is 19.2 Å². The van der Waals surface area contributed by atoms with Crippen LogP contribution < -0.4 is 5.32 Å². The van der Waals surface area contributed by atoms with Crippen LogP contribution in [0.25, 0.3) is 0 Å². The van der Waals surface area contributed by atoms with Gasteiger partial charge in [-0.25, -0.2) is 4.98 Å². The summed E-state index contributed by atoms with van der Waals surface area (Å²) in [6, 6.07) is 0.147.